The van der Waals surface area contributed by atoms with E-state index in [-0.39, 0.29) is 5.95 Å². The Hall–Kier alpha value is -1.63. The molecule has 2 N–H and O–H groups in total. The second-order valence-electron chi connectivity index (χ2n) is 4.59. The van der Waals surface area contributed by atoms with E-state index in [1.807, 2.05) is 13.8 Å². The third-order valence-corrected chi connectivity index (χ3v) is 3.68. The summed E-state index contributed by atoms with van der Waals surface area (Å²) in [5.41, 5.74) is 5.93. The summed E-state index contributed by atoms with van der Waals surface area (Å²) in [6, 6.07) is 4.97. The van der Waals surface area contributed by atoms with Gasteiger partial charge < -0.3 is 0 Å². The van der Waals surface area contributed by atoms with E-state index in [9.17, 15) is 4.79 Å². The number of anilines is 1. The Balaban J connectivity index is 2.43. The fourth-order valence-electron chi connectivity index (χ4n) is 1.89. The summed E-state index contributed by atoms with van der Waals surface area (Å²) in [5.74, 6) is 0.839. The number of halogens is 2. The smallest absolute Gasteiger partial charge is 0.289 e. The minimum Gasteiger partial charge on any atom is -0.289 e. The maximum Gasteiger partial charge on any atom is 0.356 e. The molecule has 0 amide bonds. The van der Waals surface area contributed by atoms with Crippen molar-refractivity contribution in [3.63, 3.8) is 0 Å². The molecular formula is C14H17Cl2N5O. The van der Waals surface area contributed by atoms with Crippen LogP contribution in [0.25, 0.3) is 5.69 Å². The largest absolute Gasteiger partial charge is 0.356 e. The molecule has 0 aliphatic carbocycles. The van der Waals surface area contributed by atoms with E-state index >= 15 is 0 Å². The average Bonchev–Trinajstić information content (AvgIpc) is 2.50. The van der Waals surface area contributed by atoms with Crippen molar-refractivity contribution in [3.05, 3.63) is 44.6 Å². The molecule has 0 spiro atoms. The lowest BCUT2D eigenvalue weighted by Crippen LogP contribution is -2.31. The number of aryl methyl sites for hydroxylation is 1. The van der Waals surface area contributed by atoms with E-state index < -0.39 is 5.69 Å². The van der Waals surface area contributed by atoms with Crippen LogP contribution in [0.15, 0.2) is 23.0 Å². The molecule has 0 radical (unpaired) electrons. The molecule has 1 heterocycles. The summed E-state index contributed by atoms with van der Waals surface area (Å²) in [6.07, 6.45) is 1.52. The molecule has 1 aromatic carbocycles. The molecule has 6 nitrogen and oxygen atoms in total. The summed E-state index contributed by atoms with van der Waals surface area (Å²) in [6.45, 7) is 4.70. The summed E-state index contributed by atoms with van der Waals surface area (Å²) in [5, 5.41) is 0.805. The van der Waals surface area contributed by atoms with Crippen molar-refractivity contribution in [2.75, 3.05) is 12.0 Å². The predicted molar refractivity (Wildman–Crippen MR) is 88.9 cm³/mol. The maximum atomic E-state index is 12.3. The van der Waals surface area contributed by atoms with Crippen LogP contribution in [0, 0.1) is 0 Å². The number of rotatable bonds is 6. The third-order valence-electron chi connectivity index (χ3n) is 2.94. The summed E-state index contributed by atoms with van der Waals surface area (Å²) < 4.78 is 1.42. The van der Waals surface area contributed by atoms with Crippen molar-refractivity contribution in [3.8, 4) is 5.69 Å². The first-order valence-corrected chi connectivity index (χ1v) is 7.76. The Morgan fingerprint density at radius 3 is 2.59 bits per heavy atom. The minimum absolute atomic E-state index is 0.256. The molecule has 118 valence electrons. The van der Waals surface area contributed by atoms with Crippen LogP contribution in [-0.2, 0) is 6.42 Å². The molecule has 0 saturated carbocycles. The summed E-state index contributed by atoms with van der Waals surface area (Å²) >= 11 is 11.9. The summed E-state index contributed by atoms with van der Waals surface area (Å²) in [7, 11) is 0. The number of hydrogen-bond donors (Lipinski definition) is 2. The van der Waals surface area contributed by atoms with Crippen molar-refractivity contribution in [1.82, 2.24) is 20.0 Å². The standard InChI is InChI=1S/C14H17Cl2N5O/c1-3-7-17-20-13-18-12(4-2)21(14(22)19-13)9-5-6-10(15)11(16)8-9/h5-6,8,17H,3-4,7H2,1-2H3,(H,19,20,22). The van der Waals surface area contributed by atoms with E-state index in [0.29, 0.717) is 28.0 Å². The Morgan fingerprint density at radius 1 is 1.18 bits per heavy atom. The second-order valence-corrected chi connectivity index (χ2v) is 5.40. The van der Waals surface area contributed by atoms with Crippen molar-refractivity contribution in [1.29, 1.82) is 0 Å². The van der Waals surface area contributed by atoms with Gasteiger partial charge in [-0.25, -0.2) is 14.8 Å². The van der Waals surface area contributed by atoms with E-state index in [2.05, 4.69) is 20.8 Å². The molecule has 0 fully saturated rings. The Bertz CT molecular complexity index is 717. The van der Waals surface area contributed by atoms with Crippen molar-refractivity contribution in [2.45, 2.75) is 26.7 Å². The predicted octanol–water partition coefficient (Wildman–Crippen LogP) is 2.82. The Morgan fingerprint density at radius 2 is 1.95 bits per heavy atom. The van der Waals surface area contributed by atoms with Crippen LogP contribution in [0.4, 0.5) is 5.95 Å². The lowest BCUT2D eigenvalue weighted by molar-refractivity contribution is 0.722. The molecule has 22 heavy (non-hydrogen) atoms. The number of nitrogens with zero attached hydrogens (tertiary/aromatic N) is 3. The van der Waals surface area contributed by atoms with E-state index in [4.69, 9.17) is 23.2 Å². The van der Waals surface area contributed by atoms with Gasteiger partial charge in [0.25, 0.3) is 0 Å². The van der Waals surface area contributed by atoms with Crippen molar-refractivity contribution < 1.29 is 0 Å². The van der Waals surface area contributed by atoms with Gasteiger partial charge in [-0.15, -0.1) is 0 Å². The van der Waals surface area contributed by atoms with Crippen LogP contribution in [0.3, 0.4) is 0 Å². The quantitative estimate of drug-likeness (QED) is 0.624. The summed E-state index contributed by atoms with van der Waals surface area (Å²) in [4.78, 5) is 20.6. The number of aromatic nitrogens is 3. The zero-order valence-corrected chi connectivity index (χ0v) is 13.9. The van der Waals surface area contributed by atoms with Gasteiger partial charge in [-0.1, -0.05) is 37.0 Å². The zero-order chi connectivity index (χ0) is 16.1. The normalized spacial score (nSPS) is 10.7. The molecule has 0 aliphatic heterocycles. The molecule has 0 saturated heterocycles. The number of nitrogens with one attached hydrogen (secondary N) is 2. The first-order valence-electron chi connectivity index (χ1n) is 7.01. The third kappa shape index (κ3) is 3.76. The molecule has 1 aromatic heterocycles. The number of benzene rings is 1. The Kier molecular flexibility index (Phi) is 5.76. The lowest BCUT2D eigenvalue weighted by atomic mass is 10.3. The van der Waals surface area contributed by atoms with E-state index in [1.165, 1.54) is 4.57 Å². The van der Waals surface area contributed by atoms with Gasteiger partial charge in [0.1, 0.15) is 5.82 Å². The molecule has 0 atom stereocenters. The SMILES string of the molecule is CCCNNc1nc(CC)n(-c2ccc(Cl)c(Cl)c2)c(=O)n1. The zero-order valence-electron chi connectivity index (χ0n) is 12.4. The van der Waals surface area contributed by atoms with Crippen LogP contribution < -0.4 is 16.5 Å². The molecule has 0 aliphatic rings. The van der Waals surface area contributed by atoms with Crippen molar-refractivity contribution >= 4 is 29.2 Å². The maximum absolute atomic E-state index is 12.3. The van der Waals surface area contributed by atoms with E-state index in [0.717, 1.165) is 13.0 Å². The van der Waals surface area contributed by atoms with Crippen LogP contribution in [0.1, 0.15) is 26.1 Å². The fraction of sp³-hybridized carbons (Fsp3) is 0.357. The number of hydrogen-bond acceptors (Lipinski definition) is 5. The van der Waals surface area contributed by atoms with Gasteiger partial charge >= 0.3 is 5.69 Å². The highest BCUT2D eigenvalue weighted by Gasteiger charge is 2.12. The Labute approximate surface area is 138 Å². The first-order chi connectivity index (χ1) is 10.6. The van der Waals surface area contributed by atoms with Gasteiger partial charge in [0.2, 0.25) is 5.95 Å². The molecule has 0 unspecified atom stereocenters. The molecule has 2 aromatic rings. The van der Waals surface area contributed by atoms with Crippen molar-refractivity contribution in [2.24, 2.45) is 0 Å². The first kappa shape index (κ1) is 16.7. The highest BCUT2D eigenvalue weighted by Crippen LogP contribution is 2.24. The molecule has 2 rings (SSSR count). The minimum atomic E-state index is -0.425. The van der Waals surface area contributed by atoms with Crippen LogP contribution in [-0.4, -0.2) is 21.1 Å². The molecule has 8 heteroatoms. The topological polar surface area (TPSA) is 71.8 Å². The van der Waals surface area contributed by atoms with Crippen LogP contribution >= 0.6 is 23.2 Å². The fourth-order valence-corrected chi connectivity index (χ4v) is 2.18. The van der Waals surface area contributed by atoms with Crippen LogP contribution in [0.2, 0.25) is 10.0 Å². The van der Waals surface area contributed by atoms with E-state index in [1.54, 1.807) is 18.2 Å². The van der Waals surface area contributed by atoms with Gasteiger partial charge in [0.15, 0.2) is 0 Å². The lowest BCUT2D eigenvalue weighted by Gasteiger charge is -2.13. The van der Waals surface area contributed by atoms with Gasteiger partial charge in [0.05, 0.1) is 15.7 Å². The molecular weight excluding hydrogens is 325 g/mol. The highest BCUT2D eigenvalue weighted by atomic mass is 35.5. The van der Waals surface area contributed by atoms with Gasteiger partial charge in [-0.05, 0) is 24.6 Å². The van der Waals surface area contributed by atoms with Gasteiger partial charge in [-0.2, -0.15) is 9.97 Å². The van der Waals surface area contributed by atoms with Crippen LogP contribution in [0.5, 0.6) is 0 Å². The highest BCUT2D eigenvalue weighted by molar-refractivity contribution is 6.42. The van der Waals surface area contributed by atoms with Gasteiger partial charge in [-0.3, -0.25) is 5.43 Å². The second kappa shape index (κ2) is 7.58. The number of hydrazine groups is 1. The molecule has 0 bridgehead atoms. The monoisotopic (exact) mass is 341 g/mol. The average molecular weight is 342 g/mol. The van der Waals surface area contributed by atoms with Gasteiger partial charge in [0, 0.05) is 13.0 Å².